The van der Waals surface area contributed by atoms with E-state index in [2.05, 4.69) is 24.4 Å². The van der Waals surface area contributed by atoms with Crippen LogP contribution in [0.4, 0.5) is 0 Å². The van der Waals surface area contributed by atoms with Crippen molar-refractivity contribution < 1.29 is 9.53 Å². The van der Waals surface area contributed by atoms with Gasteiger partial charge in [0, 0.05) is 6.04 Å². The average Bonchev–Trinajstić information content (AvgIpc) is 2.67. The molecule has 0 aromatic heterocycles. The van der Waals surface area contributed by atoms with Crippen LogP contribution in [0, 0.1) is 0 Å². The summed E-state index contributed by atoms with van der Waals surface area (Å²) in [5.41, 5.74) is 1.30. The van der Waals surface area contributed by atoms with E-state index < -0.39 is 11.6 Å². The normalized spacial score (nSPS) is 22.8. The Balaban J connectivity index is 1.90. The fraction of sp³-hybridized carbons (Fsp3) is 0.318. The van der Waals surface area contributed by atoms with Gasteiger partial charge in [0.25, 0.3) is 0 Å². The zero-order chi connectivity index (χ0) is 17.7. The summed E-state index contributed by atoms with van der Waals surface area (Å²) in [5.74, 6) is -0.191. The Hall–Kier alpha value is -2.39. The van der Waals surface area contributed by atoms with Crippen molar-refractivity contribution in [3.05, 3.63) is 83.9 Å². The quantitative estimate of drug-likeness (QED) is 0.650. The number of carbonyl (C=O) groups excluding carboxylic acids is 1. The van der Waals surface area contributed by atoms with Crippen LogP contribution in [0.3, 0.4) is 0 Å². The second-order valence-electron chi connectivity index (χ2n) is 6.61. The van der Waals surface area contributed by atoms with E-state index >= 15 is 0 Å². The van der Waals surface area contributed by atoms with Crippen molar-refractivity contribution in [2.45, 2.75) is 44.4 Å². The lowest BCUT2D eigenvalue weighted by molar-refractivity contribution is -0.156. The molecule has 1 N–H and O–H groups in total. The second kappa shape index (κ2) is 7.66. The molecule has 0 bridgehead atoms. The molecule has 1 aliphatic heterocycles. The summed E-state index contributed by atoms with van der Waals surface area (Å²) in [6.45, 7) is 4.08. The molecule has 130 valence electrons. The summed E-state index contributed by atoms with van der Waals surface area (Å²) in [6.07, 6.45) is 5.11. The summed E-state index contributed by atoms with van der Waals surface area (Å²) < 4.78 is 6.07. The van der Waals surface area contributed by atoms with Crippen LogP contribution in [0.1, 0.15) is 43.9 Å². The summed E-state index contributed by atoms with van der Waals surface area (Å²) in [6, 6.07) is 20.0. The van der Waals surface area contributed by atoms with E-state index in [1.165, 1.54) is 0 Å². The van der Waals surface area contributed by atoms with E-state index in [0.717, 1.165) is 11.1 Å². The van der Waals surface area contributed by atoms with Crippen LogP contribution in [-0.4, -0.2) is 17.6 Å². The molecule has 3 heteroatoms. The van der Waals surface area contributed by atoms with Crippen LogP contribution in [0.15, 0.2) is 72.8 Å². The van der Waals surface area contributed by atoms with Crippen LogP contribution < -0.4 is 5.32 Å². The molecule has 2 aromatic rings. The topological polar surface area (TPSA) is 38.3 Å². The molecule has 3 nitrogen and oxygen atoms in total. The van der Waals surface area contributed by atoms with Gasteiger partial charge in [-0.3, -0.25) is 10.1 Å². The summed E-state index contributed by atoms with van der Waals surface area (Å²) >= 11 is 0. The maximum absolute atomic E-state index is 13.1. The first kappa shape index (κ1) is 17.4. The zero-order valence-corrected chi connectivity index (χ0v) is 14.8. The van der Waals surface area contributed by atoms with Crippen LogP contribution in [0.5, 0.6) is 0 Å². The summed E-state index contributed by atoms with van der Waals surface area (Å²) in [4.78, 5) is 13.1. The fourth-order valence-corrected chi connectivity index (χ4v) is 3.35. The first-order valence-electron chi connectivity index (χ1n) is 8.90. The van der Waals surface area contributed by atoms with Crippen molar-refractivity contribution in [2.75, 3.05) is 0 Å². The maximum Gasteiger partial charge on any atom is 0.327 e. The van der Waals surface area contributed by atoms with E-state index in [-0.39, 0.29) is 12.0 Å². The van der Waals surface area contributed by atoms with Crippen LogP contribution in [-0.2, 0) is 9.53 Å². The smallest absolute Gasteiger partial charge is 0.327 e. The predicted octanol–water partition coefficient (Wildman–Crippen LogP) is 4.41. The van der Waals surface area contributed by atoms with Gasteiger partial charge < -0.3 is 4.74 Å². The third-order valence-electron chi connectivity index (χ3n) is 4.82. The van der Waals surface area contributed by atoms with Crippen LogP contribution in [0.2, 0.25) is 0 Å². The summed E-state index contributed by atoms with van der Waals surface area (Å²) in [5, 5.41) is 3.43. The number of carbonyl (C=O) groups is 1. The molecular weight excluding hydrogens is 310 g/mol. The Morgan fingerprint density at radius 1 is 1.12 bits per heavy atom. The number of rotatable bonds is 5. The Morgan fingerprint density at radius 3 is 2.16 bits per heavy atom. The van der Waals surface area contributed by atoms with Gasteiger partial charge >= 0.3 is 5.97 Å². The molecule has 25 heavy (non-hydrogen) atoms. The maximum atomic E-state index is 13.1. The molecule has 2 atom stereocenters. The minimum atomic E-state index is -0.657. The number of hydrogen-bond donors (Lipinski definition) is 1. The molecule has 0 aliphatic carbocycles. The Kier molecular flexibility index (Phi) is 5.34. The molecule has 0 saturated carbocycles. The largest absolute Gasteiger partial charge is 0.451 e. The molecule has 0 saturated heterocycles. The van der Waals surface area contributed by atoms with Crippen molar-refractivity contribution in [2.24, 2.45) is 0 Å². The molecule has 0 radical (unpaired) electrons. The first-order valence-corrected chi connectivity index (χ1v) is 8.90. The van der Waals surface area contributed by atoms with E-state index in [1.54, 1.807) is 0 Å². The highest BCUT2D eigenvalue weighted by molar-refractivity contribution is 5.82. The minimum Gasteiger partial charge on any atom is -0.451 e. The zero-order valence-electron chi connectivity index (χ0n) is 14.8. The number of benzene rings is 2. The van der Waals surface area contributed by atoms with Gasteiger partial charge in [0.1, 0.15) is 5.54 Å². The Labute approximate surface area is 149 Å². The highest BCUT2D eigenvalue weighted by atomic mass is 16.5. The molecule has 0 spiro atoms. The average molecular weight is 335 g/mol. The molecule has 1 aliphatic rings. The van der Waals surface area contributed by atoms with Crippen molar-refractivity contribution in [1.29, 1.82) is 0 Å². The van der Waals surface area contributed by atoms with E-state index in [4.69, 9.17) is 4.74 Å². The first-order chi connectivity index (χ1) is 12.1. The monoisotopic (exact) mass is 335 g/mol. The number of nitrogens with one attached hydrogen (secondary N) is 1. The number of hydrogen-bond acceptors (Lipinski definition) is 3. The molecule has 2 aromatic carbocycles. The molecule has 0 amide bonds. The van der Waals surface area contributed by atoms with Crippen molar-refractivity contribution in [3.63, 3.8) is 0 Å². The van der Waals surface area contributed by atoms with Gasteiger partial charge in [-0.25, -0.2) is 0 Å². The standard InChI is InChI=1S/C22H25NO2/c1-3-22(16-10-11-17(2)23-22)21(24)25-20(18-12-6-4-7-13-18)19-14-8-5-9-15-19/h4-15,17,20,23H,3,16H2,1-2H3/t17-,22-/m1/s1. The molecular formula is C22H25NO2. The molecule has 0 unspecified atom stereocenters. The molecule has 3 rings (SSSR count). The Morgan fingerprint density at radius 2 is 1.68 bits per heavy atom. The highest BCUT2D eigenvalue weighted by Gasteiger charge is 2.41. The third-order valence-corrected chi connectivity index (χ3v) is 4.82. The lowest BCUT2D eigenvalue weighted by atomic mass is 9.87. The highest BCUT2D eigenvalue weighted by Crippen LogP contribution is 2.30. The molecule has 1 heterocycles. The lowest BCUT2D eigenvalue weighted by Gasteiger charge is -2.37. The van der Waals surface area contributed by atoms with Crippen molar-refractivity contribution in [1.82, 2.24) is 5.32 Å². The molecule has 0 fully saturated rings. The van der Waals surface area contributed by atoms with Gasteiger partial charge in [-0.05, 0) is 30.9 Å². The minimum absolute atomic E-state index is 0.160. The van der Waals surface area contributed by atoms with Gasteiger partial charge in [-0.2, -0.15) is 0 Å². The van der Waals surface area contributed by atoms with Gasteiger partial charge in [0.2, 0.25) is 0 Å². The lowest BCUT2D eigenvalue weighted by Crippen LogP contribution is -2.56. The van der Waals surface area contributed by atoms with E-state index in [1.807, 2.05) is 67.6 Å². The van der Waals surface area contributed by atoms with Crippen LogP contribution in [0.25, 0.3) is 0 Å². The third kappa shape index (κ3) is 3.83. The van der Waals surface area contributed by atoms with Gasteiger partial charge in [-0.15, -0.1) is 0 Å². The second-order valence-corrected chi connectivity index (χ2v) is 6.61. The van der Waals surface area contributed by atoms with E-state index in [9.17, 15) is 4.79 Å². The Bertz CT molecular complexity index is 687. The van der Waals surface area contributed by atoms with Gasteiger partial charge in [-0.1, -0.05) is 79.7 Å². The number of esters is 1. The number of ether oxygens (including phenoxy) is 1. The fourth-order valence-electron chi connectivity index (χ4n) is 3.35. The van der Waals surface area contributed by atoms with E-state index in [0.29, 0.717) is 12.8 Å². The van der Waals surface area contributed by atoms with Crippen molar-refractivity contribution >= 4 is 5.97 Å². The van der Waals surface area contributed by atoms with Gasteiger partial charge in [0.15, 0.2) is 6.10 Å². The van der Waals surface area contributed by atoms with Crippen molar-refractivity contribution in [3.8, 4) is 0 Å². The van der Waals surface area contributed by atoms with Crippen LogP contribution >= 0.6 is 0 Å². The predicted molar refractivity (Wildman–Crippen MR) is 100 cm³/mol. The summed E-state index contributed by atoms with van der Waals surface area (Å²) in [7, 11) is 0. The SMILES string of the molecule is CC[C@]1(C(=O)OC(c2ccccc2)c2ccccc2)CC=C[C@@H](C)N1. The van der Waals surface area contributed by atoms with Gasteiger partial charge in [0.05, 0.1) is 0 Å².